The van der Waals surface area contributed by atoms with E-state index in [4.69, 9.17) is 16.3 Å². The number of rotatable bonds is 5. The summed E-state index contributed by atoms with van der Waals surface area (Å²) in [5.41, 5.74) is 0.685. The highest BCUT2D eigenvalue weighted by Gasteiger charge is 2.39. The number of hydrogen-bond donors (Lipinski definition) is 1. The van der Waals surface area contributed by atoms with Crippen molar-refractivity contribution in [1.82, 2.24) is 19.7 Å². The van der Waals surface area contributed by atoms with E-state index in [-0.39, 0.29) is 30.2 Å². The van der Waals surface area contributed by atoms with Crippen molar-refractivity contribution in [2.24, 2.45) is 0 Å². The summed E-state index contributed by atoms with van der Waals surface area (Å²) in [5.74, 6) is -0.129. The van der Waals surface area contributed by atoms with Crippen LogP contribution in [0.4, 0.5) is 8.78 Å². The number of nitrogens with zero attached hydrogens (tertiary/aromatic N) is 4. The first-order valence-corrected chi connectivity index (χ1v) is 12.6. The third-order valence-electron chi connectivity index (χ3n) is 7.46. The summed E-state index contributed by atoms with van der Waals surface area (Å²) in [6.45, 7) is 4.03. The first-order valence-electron chi connectivity index (χ1n) is 12.2. The number of amides is 1. The first-order chi connectivity index (χ1) is 17.2. The van der Waals surface area contributed by atoms with E-state index < -0.39 is 12.0 Å². The molecule has 1 fully saturated rings. The van der Waals surface area contributed by atoms with Gasteiger partial charge in [0, 0.05) is 24.7 Å². The van der Waals surface area contributed by atoms with Crippen LogP contribution in [0.2, 0.25) is 5.02 Å². The molecule has 1 aromatic carbocycles. The van der Waals surface area contributed by atoms with Gasteiger partial charge in [-0.1, -0.05) is 29.8 Å². The Kier molecular flexibility index (Phi) is 6.74. The summed E-state index contributed by atoms with van der Waals surface area (Å²) in [7, 11) is 0. The molecule has 5 rings (SSSR count). The Hall–Kier alpha value is -2.62. The van der Waals surface area contributed by atoms with Gasteiger partial charge in [0.25, 0.3) is 6.43 Å². The summed E-state index contributed by atoms with van der Waals surface area (Å²) in [6, 6.07) is 4.68. The Morgan fingerprint density at radius 3 is 2.86 bits per heavy atom. The molecule has 0 radical (unpaired) electrons. The fraction of sp³-hybridized carbons (Fsp3) is 0.500. The number of fused-ring (bicyclic) bond motifs is 2. The summed E-state index contributed by atoms with van der Waals surface area (Å²) in [5, 5.41) is 16.0. The van der Waals surface area contributed by atoms with Gasteiger partial charge in [0.1, 0.15) is 5.60 Å². The maximum absolute atomic E-state index is 13.6. The number of halogens is 3. The van der Waals surface area contributed by atoms with Gasteiger partial charge >= 0.3 is 0 Å². The molecule has 1 N–H and O–H groups in total. The number of carbonyl (C=O) groups is 1. The highest BCUT2D eigenvalue weighted by atomic mass is 35.5. The van der Waals surface area contributed by atoms with E-state index in [9.17, 15) is 18.7 Å². The Morgan fingerprint density at radius 2 is 2.14 bits per heavy atom. The van der Waals surface area contributed by atoms with Gasteiger partial charge in [-0.25, -0.2) is 18.4 Å². The van der Waals surface area contributed by atoms with Crippen LogP contribution in [0.3, 0.4) is 0 Å². The van der Waals surface area contributed by atoms with Gasteiger partial charge in [-0.15, -0.1) is 0 Å². The third-order valence-corrected chi connectivity index (χ3v) is 7.79. The van der Waals surface area contributed by atoms with Crippen molar-refractivity contribution in [3.8, 4) is 0 Å². The van der Waals surface area contributed by atoms with Crippen LogP contribution < -0.4 is 0 Å². The fourth-order valence-electron chi connectivity index (χ4n) is 5.38. The maximum Gasteiger partial charge on any atom is 0.270 e. The van der Waals surface area contributed by atoms with E-state index in [0.717, 1.165) is 31.7 Å². The highest BCUT2D eigenvalue weighted by molar-refractivity contribution is 6.32. The van der Waals surface area contributed by atoms with Crippen LogP contribution in [-0.4, -0.2) is 50.3 Å². The standard InChI is InChI=1S/C26H29ClF2N4O3/c1-15-16-6-5-7-20(26(2,35)25(28)29)17(16)9-10-32(15)22(34)12-18-19-13-31-33(23-8-3-4-11-36-23)24(19)30-14-21(18)27/h5-7,13-15,23,25,35H,3-4,8-12H2,1-2H3/t15-,23?,26?/m0/s1. The van der Waals surface area contributed by atoms with Crippen LogP contribution >= 0.6 is 11.6 Å². The Morgan fingerprint density at radius 1 is 1.33 bits per heavy atom. The lowest BCUT2D eigenvalue weighted by Crippen LogP contribution is -2.41. The minimum atomic E-state index is -2.92. The van der Waals surface area contributed by atoms with Crippen LogP contribution in [0.1, 0.15) is 67.6 Å². The zero-order valence-electron chi connectivity index (χ0n) is 20.3. The van der Waals surface area contributed by atoms with E-state index in [0.29, 0.717) is 46.8 Å². The van der Waals surface area contributed by atoms with E-state index >= 15 is 0 Å². The van der Waals surface area contributed by atoms with E-state index in [1.807, 2.05) is 13.0 Å². The zero-order valence-corrected chi connectivity index (χ0v) is 21.0. The second kappa shape index (κ2) is 9.68. The molecule has 1 saturated heterocycles. The van der Waals surface area contributed by atoms with Crippen molar-refractivity contribution < 1.29 is 23.4 Å². The molecule has 1 amide bonds. The number of benzene rings is 1. The number of ether oxygens (including phenoxy) is 1. The number of pyridine rings is 1. The summed E-state index contributed by atoms with van der Waals surface area (Å²) < 4.78 is 34.7. The van der Waals surface area contributed by atoms with Crippen molar-refractivity contribution in [1.29, 1.82) is 0 Å². The molecule has 2 aliphatic heterocycles. The van der Waals surface area contributed by atoms with Gasteiger partial charge in [-0.2, -0.15) is 5.10 Å². The van der Waals surface area contributed by atoms with Crippen LogP contribution in [-0.2, 0) is 28.0 Å². The predicted molar refractivity (Wildman–Crippen MR) is 131 cm³/mol. The van der Waals surface area contributed by atoms with Gasteiger partial charge in [0.15, 0.2) is 11.9 Å². The van der Waals surface area contributed by atoms with Crippen LogP contribution in [0.15, 0.2) is 30.6 Å². The zero-order chi connectivity index (χ0) is 25.6. The molecule has 2 aliphatic rings. The summed E-state index contributed by atoms with van der Waals surface area (Å²) in [4.78, 5) is 19.7. The lowest BCUT2D eigenvalue weighted by atomic mass is 9.83. The molecule has 4 heterocycles. The molecule has 192 valence electrons. The molecule has 2 aromatic heterocycles. The lowest BCUT2D eigenvalue weighted by molar-refractivity contribution is -0.133. The van der Waals surface area contributed by atoms with Crippen molar-refractivity contribution in [3.63, 3.8) is 0 Å². The first kappa shape index (κ1) is 25.0. The summed E-state index contributed by atoms with van der Waals surface area (Å²) in [6.07, 6.45) is 3.47. The second-order valence-electron chi connectivity index (χ2n) is 9.74. The minimum absolute atomic E-state index is 0.0587. The van der Waals surface area contributed by atoms with Crippen LogP contribution in [0.25, 0.3) is 11.0 Å². The number of hydrogen-bond acceptors (Lipinski definition) is 5. The number of carbonyl (C=O) groups excluding carboxylic acids is 1. The van der Waals surface area contributed by atoms with Crippen molar-refractivity contribution in [3.05, 3.63) is 57.9 Å². The quantitative estimate of drug-likeness (QED) is 0.517. The van der Waals surface area contributed by atoms with Crippen molar-refractivity contribution in [2.45, 2.75) is 70.2 Å². The highest BCUT2D eigenvalue weighted by Crippen LogP contribution is 2.38. The average molecular weight is 519 g/mol. The maximum atomic E-state index is 13.6. The second-order valence-corrected chi connectivity index (χ2v) is 10.2. The van der Waals surface area contributed by atoms with E-state index in [1.54, 1.807) is 28.0 Å². The molecule has 0 aliphatic carbocycles. The molecule has 36 heavy (non-hydrogen) atoms. The van der Waals surface area contributed by atoms with Gasteiger partial charge in [0.2, 0.25) is 5.91 Å². The topological polar surface area (TPSA) is 80.5 Å². The van der Waals surface area contributed by atoms with Gasteiger partial charge < -0.3 is 14.7 Å². The molecular formula is C26H29ClF2N4O3. The molecule has 3 aromatic rings. The minimum Gasteiger partial charge on any atom is -0.379 e. The monoisotopic (exact) mass is 518 g/mol. The van der Waals surface area contributed by atoms with Crippen molar-refractivity contribution >= 4 is 28.5 Å². The molecule has 10 heteroatoms. The SMILES string of the molecule is C[C@H]1c2cccc(C(C)(O)C(F)F)c2CCN1C(=O)Cc1c(Cl)cnc2c1cnn2C1CCCCO1. The number of aromatic nitrogens is 3. The predicted octanol–water partition coefficient (Wildman–Crippen LogP) is 4.94. The Bertz CT molecular complexity index is 1290. The molecule has 0 saturated carbocycles. The smallest absolute Gasteiger partial charge is 0.270 e. The van der Waals surface area contributed by atoms with Crippen LogP contribution in [0.5, 0.6) is 0 Å². The molecule has 2 unspecified atom stereocenters. The molecular weight excluding hydrogens is 490 g/mol. The lowest BCUT2D eigenvalue weighted by Gasteiger charge is -2.38. The molecule has 3 atom stereocenters. The van der Waals surface area contributed by atoms with Crippen molar-refractivity contribution in [2.75, 3.05) is 13.2 Å². The van der Waals surface area contributed by atoms with E-state index in [2.05, 4.69) is 10.1 Å². The Labute approximate surface area is 213 Å². The Balaban J connectivity index is 1.42. The molecule has 0 bridgehead atoms. The molecule has 7 nitrogen and oxygen atoms in total. The summed E-state index contributed by atoms with van der Waals surface area (Å²) >= 11 is 6.50. The van der Waals surface area contributed by atoms with Gasteiger partial charge in [-0.3, -0.25) is 4.79 Å². The largest absolute Gasteiger partial charge is 0.379 e. The van der Waals surface area contributed by atoms with E-state index in [1.165, 1.54) is 6.07 Å². The van der Waals surface area contributed by atoms with Crippen LogP contribution in [0, 0.1) is 0 Å². The number of aliphatic hydroxyl groups is 1. The third kappa shape index (κ3) is 4.27. The average Bonchev–Trinajstić information content (AvgIpc) is 3.30. The van der Waals surface area contributed by atoms with Gasteiger partial charge in [0.05, 0.1) is 23.7 Å². The normalized spacial score (nSPS) is 22.0. The van der Waals surface area contributed by atoms with Gasteiger partial charge in [-0.05, 0) is 61.8 Å². The fourth-order valence-corrected chi connectivity index (χ4v) is 5.60. The number of alkyl halides is 2. The molecule has 0 spiro atoms.